The molecule has 2 atom stereocenters. The summed E-state index contributed by atoms with van der Waals surface area (Å²) in [6, 6.07) is 0. The van der Waals surface area contributed by atoms with Crippen LogP contribution in [-0.2, 0) is 9.78 Å². The van der Waals surface area contributed by atoms with E-state index in [0.717, 1.165) is 19.3 Å². The van der Waals surface area contributed by atoms with Gasteiger partial charge < -0.3 is 0 Å². The normalized spacial score (nSPS) is 26.6. The largest absolute Gasteiger partial charge is 0.233 e. The summed E-state index contributed by atoms with van der Waals surface area (Å²) in [5, 5.41) is 0. The maximum absolute atomic E-state index is 5.25. The van der Waals surface area contributed by atoms with E-state index in [1.165, 1.54) is 25.7 Å². The molecule has 0 bridgehead atoms. The summed E-state index contributed by atoms with van der Waals surface area (Å²) >= 11 is 0. The first-order chi connectivity index (χ1) is 6.86. The Kier molecular flexibility index (Phi) is 5.88. The Hall–Kier alpha value is -0.340. The SMILES string of the molecule is C=CCC1CC(CCCCCC)OO1. The molecular formula is C12H22O2. The molecule has 1 fully saturated rings. The predicted octanol–water partition coefficient (Wildman–Crippen LogP) is 3.62. The Bertz CT molecular complexity index is 156. The molecular weight excluding hydrogens is 176 g/mol. The first-order valence-electron chi connectivity index (χ1n) is 5.79. The van der Waals surface area contributed by atoms with E-state index >= 15 is 0 Å². The molecule has 2 heteroatoms. The van der Waals surface area contributed by atoms with Crippen LogP contribution in [0, 0.1) is 0 Å². The number of unbranched alkanes of at least 4 members (excludes halogenated alkanes) is 3. The van der Waals surface area contributed by atoms with Gasteiger partial charge in [-0.25, -0.2) is 9.78 Å². The van der Waals surface area contributed by atoms with E-state index in [1.807, 2.05) is 6.08 Å². The highest BCUT2D eigenvalue weighted by molar-refractivity contribution is 4.77. The molecule has 2 unspecified atom stereocenters. The van der Waals surface area contributed by atoms with E-state index < -0.39 is 0 Å². The fourth-order valence-corrected chi connectivity index (χ4v) is 1.82. The highest BCUT2D eigenvalue weighted by atomic mass is 17.2. The van der Waals surface area contributed by atoms with Crippen LogP contribution in [0.1, 0.15) is 51.9 Å². The van der Waals surface area contributed by atoms with Crippen molar-refractivity contribution in [3.63, 3.8) is 0 Å². The van der Waals surface area contributed by atoms with E-state index in [4.69, 9.17) is 9.78 Å². The zero-order valence-electron chi connectivity index (χ0n) is 9.21. The minimum absolute atomic E-state index is 0.253. The summed E-state index contributed by atoms with van der Waals surface area (Å²) in [5.74, 6) is 0. The number of rotatable bonds is 7. The van der Waals surface area contributed by atoms with Crippen LogP contribution in [0.4, 0.5) is 0 Å². The van der Waals surface area contributed by atoms with Crippen molar-refractivity contribution in [2.24, 2.45) is 0 Å². The van der Waals surface area contributed by atoms with Crippen molar-refractivity contribution in [1.82, 2.24) is 0 Å². The van der Waals surface area contributed by atoms with Crippen LogP contribution in [0.2, 0.25) is 0 Å². The summed E-state index contributed by atoms with van der Waals surface area (Å²) in [6.45, 7) is 5.93. The fraction of sp³-hybridized carbons (Fsp3) is 0.833. The van der Waals surface area contributed by atoms with Gasteiger partial charge in [0.15, 0.2) is 0 Å². The highest BCUT2D eigenvalue weighted by Gasteiger charge is 2.25. The fourth-order valence-electron chi connectivity index (χ4n) is 1.82. The first-order valence-corrected chi connectivity index (χ1v) is 5.79. The summed E-state index contributed by atoms with van der Waals surface area (Å²) in [4.78, 5) is 10.4. The van der Waals surface area contributed by atoms with Gasteiger partial charge in [0.05, 0.1) is 12.2 Å². The zero-order chi connectivity index (χ0) is 10.2. The van der Waals surface area contributed by atoms with Crippen LogP contribution in [0.3, 0.4) is 0 Å². The molecule has 0 aromatic rings. The number of hydrogen-bond acceptors (Lipinski definition) is 2. The molecule has 1 aliphatic rings. The Morgan fingerprint density at radius 3 is 2.71 bits per heavy atom. The molecule has 1 aliphatic heterocycles. The van der Waals surface area contributed by atoms with Crippen LogP contribution >= 0.6 is 0 Å². The van der Waals surface area contributed by atoms with Crippen LogP contribution in [0.5, 0.6) is 0 Å². The molecule has 0 saturated carbocycles. The summed E-state index contributed by atoms with van der Waals surface area (Å²) in [7, 11) is 0. The van der Waals surface area contributed by atoms with Gasteiger partial charge >= 0.3 is 0 Å². The third-order valence-corrected chi connectivity index (χ3v) is 2.66. The van der Waals surface area contributed by atoms with Crippen LogP contribution in [0.25, 0.3) is 0 Å². The van der Waals surface area contributed by atoms with E-state index in [9.17, 15) is 0 Å². The van der Waals surface area contributed by atoms with Gasteiger partial charge in [0.25, 0.3) is 0 Å². The molecule has 0 aliphatic carbocycles. The lowest BCUT2D eigenvalue weighted by atomic mass is 10.0. The van der Waals surface area contributed by atoms with E-state index in [1.54, 1.807) is 0 Å². The van der Waals surface area contributed by atoms with Crippen molar-refractivity contribution < 1.29 is 9.78 Å². The van der Waals surface area contributed by atoms with Crippen LogP contribution < -0.4 is 0 Å². The summed E-state index contributed by atoms with van der Waals surface area (Å²) < 4.78 is 0. The maximum atomic E-state index is 5.25. The predicted molar refractivity (Wildman–Crippen MR) is 57.9 cm³/mol. The van der Waals surface area contributed by atoms with Crippen LogP contribution in [-0.4, -0.2) is 12.2 Å². The number of hydrogen-bond donors (Lipinski definition) is 0. The Labute approximate surface area is 87.2 Å². The van der Waals surface area contributed by atoms with Crippen LogP contribution in [0.15, 0.2) is 12.7 Å². The van der Waals surface area contributed by atoms with E-state index in [2.05, 4.69) is 13.5 Å². The quantitative estimate of drug-likeness (QED) is 0.353. The monoisotopic (exact) mass is 198 g/mol. The lowest BCUT2D eigenvalue weighted by Gasteiger charge is -2.05. The van der Waals surface area contributed by atoms with Crippen molar-refractivity contribution in [1.29, 1.82) is 0 Å². The molecule has 0 aromatic heterocycles. The standard InChI is InChI=1S/C12H22O2/c1-3-5-6-7-9-12-10-11(8-4-2)13-14-12/h4,11-12H,2-3,5-10H2,1H3. The minimum Gasteiger partial charge on any atom is -0.233 e. The van der Waals surface area contributed by atoms with Gasteiger partial charge in [-0.1, -0.05) is 38.7 Å². The van der Waals surface area contributed by atoms with Gasteiger partial charge in [0, 0.05) is 6.42 Å². The van der Waals surface area contributed by atoms with Gasteiger partial charge in [-0.2, -0.15) is 0 Å². The van der Waals surface area contributed by atoms with Crippen molar-refractivity contribution in [3.8, 4) is 0 Å². The molecule has 82 valence electrons. The lowest BCUT2D eigenvalue weighted by Crippen LogP contribution is -2.06. The molecule has 1 heterocycles. The topological polar surface area (TPSA) is 18.5 Å². The third kappa shape index (κ3) is 4.25. The van der Waals surface area contributed by atoms with Gasteiger partial charge in [-0.3, -0.25) is 0 Å². The third-order valence-electron chi connectivity index (χ3n) is 2.66. The maximum Gasteiger partial charge on any atom is 0.0990 e. The Morgan fingerprint density at radius 2 is 2.00 bits per heavy atom. The highest BCUT2D eigenvalue weighted by Crippen LogP contribution is 2.23. The smallest absolute Gasteiger partial charge is 0.0990 e. The molecule has 0 aromatic carbocycles. The van der Waals surface area contributed by atoms with Gasteiger partial charge in [0.2, 0.25) is 0 Å². The molecule has 0 radical (unpaired) electrons. The zero-order valence-corrected chi connectivity index (χ0v) is 9.21. The second-order valence-electron chi connectivity index (χ2n) is 4.05. The molecule has 0 N–H and O–H groups in total. The van der Waals surface area contributed by atoms with E-state index in [-0.39, 0.29) is 6.10 Å². The van der Waals surface area contributed by atoms with Crippen molar-refractivity contribution in [3.05, 3.63) is 12.7 Å². The lowest BCUT2D eigenvalue weighted by molar-refractivity contribution is -0.296. The Balaban J connectivity index is 2.01. The second kappa shape index (κ2) is 7.02. The first kappa shape index (κ1) is 11.7. The van der Waals surface area contributed by atoms with Crippen molar-refractivity contribution in [2.75, 3.05) is 0 Å². The van der Waals surface area contributed by atoms with E-state index in [0.29, 0.717) is 6.10 Å². The van der Waals surface area contributed by atoms with Gasteiger partial charge in [-0.15, -0.1) is 6.58 Å². The minimum atomic E-state index is 0.253. The molecule has 14 heavy (non-hydrogen) atoms. The molecule has 1 rings (SSSR count). The van der Waals surface area contributed by atoms with Gasteiger partial charge in [-0.05, 0) is 12.8 Å². The molecule has 1 saturated heterocycles. The average Bonchev–Trinajstić information content (AvgIpc) is 2.61. The molecule has 2 nitrogen and oxygen atoms in total. The average molecular weight is 198 g/mol. The second-order valence-corrected chi connectivity index (χ2v) is 4.05. The summed E-state index contributed by atoms with van der Waals surface area (Å²) in [6.07, 6.45) is 10.8. The summed E-state index contributed by atoms with van der Waals surface area (Å²) in [5.41, 5.74) is 0. The molecule has 0 spiro atoms. The molecule has 0 amide bonds. The Morgan fingerprint density at radius 1 is 1.21 bits per heavy atom. The van der Waals surface area contributed by atoms with Crippen molar-refractivity contribution >= 4 is 0 Å². The van der Waals surface area contributed by atoms with Gasteiger partial charge in [0.1, 0.15) is 0 Å². The van der Waals surface area contributed by atoms with Crippen molar-refractivity contribution in [2.45, 2.75) is 64.1 Å².